The second kappa shape index (κ2) is 6.64. The lowest BCUT2D eigenvalue weighted by molar-refractivity contribution is -0.125. The maximum Gasteiger partial charge on any atom is 0.266 e. The molecule has 0 saturated heterocycles. The molecule has 3 aromatic rings. The molecule has 7 heteroatoms. The molecule has 4 rings (SSSR count). The molecule has 1 N–H and O–H groups in total. The van der Waals surface area contributed by atoms with E-state index in [2.05, 4.69) is 4.72 Å². The van der Waals surface area contributed by atoms with Gasteiger partial charge in [-0.05, 0) is 42.5 Å². The number of amides is 1. The fourth-order valence-electron chi connectivity index (χ4n) is 4.29. The molecule has 0 radical (unpaired) electrons. The first-order valence-electron chi connectivity index (χ1n) is 9.19. The second-order valence-electron chi connectivity index (χ2n) is 7.26. The number of nitrogens with one attached hydrogen (secondary N) is 1. The van der Waals surface area contributed by atoms with Gasteiger partial charge in [0.1, 0.15) is 4.90 Å². The minimum Gasteiger partial charge on any atom is -0.349 e. The zero-order chi connectivity index (χ0) is 20.1. The van der Waals surface area contributed by atoms with Gasteiger partial charge in [-0.3, -0.25) is 4.79 Å². The highest BCUT2D eigenvalue weighted by molar-refractivity contribution is 7.90. The first kappa shape index (κ1) is 19.0. The highest BCUT2D eigenvalue weighted by Gasteiger charge is 2.46. The molecule has 0 aliphatic heterocycles. The first-order valence-corrected chi connectivity index (χ1v) is 11.1. The van der Waals surface area contributed by atoms with E-state index in [1.807, 2.05) is 31.2 Å². The Labute approximate surface area is 169 Å². The van der Waals surface area contributed by atoms with Crippen LogP contribution in [0.15, 0.2) is 53.6 Å². The summed E-state index contributed by atoms with van der Waals surface area (Å²) in [6.07, 6.45) is 3.24. The lowest BCUT2D eigenvalue weighted by Crippen LogP contribution is -2.45. The molecular formula is C21H21ClN2O3S. The van der Waals surface area contributed by atoms with E-state index in [-0.39, 0.29) is 4.90 Å². The highest BCUT2D eigenvalue weighted by atomic mass is 35.5. The molecule has 0 spiro atoms. The quantitative estimate of drug-likeness (QED) is 0.700. The van der Waals surface area contributed by atoms with E-state index < -0.39 is 21.3 Å². The smallest absolute Gasteiger partial charge is 0.266 e. The highest BCUT2D eigenvalue weighted by Crippen LogP contribution is 2.44. The Kier molecular flexibility index (Phi) is 4.51. The fraction of sp³-hybridized carbons (Fsp3) is 0.286. The Morgan fingerprint density at radius 3 is 2.71 bits per heavy atom. The molecular weight excluding hydrogens is 396 g/mol. The van der Waals surface area contributed by atoms with Gasteiger partial charge in [0.15, 0.2) is 0 Å². The van der Waals surface area contributed by atoms with Gasteiger partial charge in [0, 0.05) is 29.2 Å². The molecule has 5 nitrogen and oxygen atoms in total. The Balaban J connectivity index is 1.75. The van der Waals surface area contributed by atoms with Crippen molar-refractivity contribution in [2.45, 2.75) is 36.5 Å². The minimum absolute atomic E-state index is 0.106. The molecule has 1 aliphatic rings. The standard InChI is InChI=1S/C21H21ClN2O3S/c1-3-21(12-11-14-16(21)8-6-9-17(14)22)20(25)23-28(26,27)19-13-24(2)18-10-5-4-7-15(18)19/h4-10,13H,3,11-12H2,1-2H3,(H,23,25). The van der Waals surface area contributed by atoms with E-state index in [1.54, 1.807) is 36.0 Å². The summed E-state index contributed by atoms with van der Waals surface area (Å²) < 4.78 is 30.3. The van der Waals surface area contributed by atoms with Crippen LogP contribution in [-0.2, 0) is 33.7 Å². The molecule has 1 amide bonds. The number of rotatable bonds is 4. The molecule has 0 fully saturated rings. The first-order chi connectivity index (χ1) is 13.3. The predicted octanol–water partition coefficient (Wildman–Crippen LogP) is 3.93. The summed E-state index contributed by atoms with van der Waals surface area (Å²) in [4.78, 5) is 13.4. The third-order valence-electron chi connectivity index (χ3n) is 5.85. The number of para-hydroxylation sites is 1. The molecule has 1 unspecified atom stereocenters. The van der Waals surface area contributed by atoms with E-state index in [1.165, 1.54) is 0 Å². The van der Waals surface area contributed by atoms with Crippen LogP contribution in [0.2, 0.25) is 5.02 Å². The van der Waals surface area contributed by atoms with Crippen molar-refractivity contribution in [1.29, 1.82) is 0 Å². The van der Waals surface area contributed by atoms with E-state index in [0.717, 1.165) is 16.6 Å². The average molecular weight is 417 g/mol. The second-order valence-corrected chi connectivity index (χ2v) is 9.32. The molecule has 1 aliphatic carbocycles. The van der Waals surface area contributed by atoms with Crippen LogP contribution in [0.25, 0.3) is 10.9 Å². The van der Waals surface area contributed by atoms with E-state index >= 15 is 0 Å². The van der Waals surface area contributed by atoms with Crippen molar-refractivity contribution >= 4 is 38.4 Å². The number of hydrogen-bond acceptors (Lipinski definition) is 3. The van der Waals surface area contributed by atoms with Crippen LogP contribution in [0.4, 0.5) is 0 Å². The zero-order valence-corrected chi connectivity index (χ0v) is 17.3. The number of halogens is 1. The molecule has 2 aromatic carbocycles. The van der Waals surface area contributed by atoms with E-state index in [4.69, 9.17) is 11.6 Å². The summed E-state index contributed by atoms with van der Waals surface area (Å²) in [5.74, 6) is -0.496. The Morgan fingerprint density at radius 2 is 1.96 bits per heavy atom. The number of aryl methyl sites for hydroxylation is 1. The van der Waals surface area contributed by atoms with Crippen LogP contribution in [0.1, 0.15) is 30.9 Å². The van der Waals surface area contributed by atoms with Gasteiger partial charge in [0.2, 0.25) is 5.91 Å². The maximum atomic E-state index is 13.3. The Hall–Kier alpha value is -2.31. The third-order valence-corrected chi connectivity index (χ3v) is 7.56. The van der Waals surface area contributed by atoms with Crippen molar-refractivity contribution in [1.82, 2.24) is 9.29 Å². The molecule has 146 valence electrons. The molecule has 0 bridgehead atoms. The Morgan fingerprint density at radius 1 is 1.21 bits per heavy atom. The summed E-state index contributed by atoms with van der Waals surface area (Å²) in [5.41, 5.74) is 1.66. The molecule has 0 saturated carbocycles. The van der Waals surface area contributed by atoms with E-state index in [0.29, 0.717) is 29.7 Å². The number of sulfonamides is 1. The van der Waals surface area contributed by atoms with Gasteiger partial charge in [0.05, 0.1) is 5.41 Å². The summed E-state index contributed by atoms with van der Waals surface area (Å²) in [6.45, 7) is 1.90. The van der Waals surface area contributed by atoms with Crippen LogP contribution in [0.5, 0.6) is 0 Å². The van der Waals surface area contributed by atoms with Crippen LogP contribution >= 0.6 is 11.6 Å². The number of benzene rings is 2. The minimum atomic E-state index is -4.02. The van der Waals surface area contributed by atoms with Crippen molar-refractivity contribution in [3.8, 4) is 0 Å². The number of fused-ring (bicyclic) bond motifs is 2. The van der Waals surface area contributed by atoms with Gasteiger partial charge < -0.3 is 4.57 Å². The van der Waals surface area contributed by atoms with Gasteiger partial charge in [-0.15, -0.1) is 0 Å². The normalized spacial score (nSPS) is 19.0. The van der Waals surface area contributed by atoms with Crippen LogP contribution in [-0.4, -0.2) is 18.9 Å². The average Bonchev–Trinajstić information content (AvgIpc) is 3.22. The summed E-state index contributed by atoms with van der Waals surface area (Å²) in [5, 5.41) is 1.21. The molecule has 1 aromatic heterocycles. The SMILES string of the molecule is CCC1(C(=O)NS(=O)(=O)c2cn(C)c3ccccc23)CCc2c(Cl)cccc21. The van der Waals surface area contributed by atoms with Crippen molar-refractivity contribution in [3.63, 3.8) is 0 Å². The lowest BCUT2D eigenvalue weighted by Gasteiger charge is -2.27. The monoisotopic (exact) mass is 416 g/mol. The molecule has 1 heterocycles. The predicted molar refractivity (Wildman–Crippen MR) is 110 cm³/mol. The lowest BCUT2D eigenvalue weighted by atomic mass is 9.79. The summed E-state index contributed by atoms with van der Waals surface area (Å²) in [6, 6.07) is 12.7. The number of aromatic nitrogens is 1. The van der Waals surface area contributed by atoms with Gasteiger partial charge in [-0.2, -0.15) is 0 Å². The topological polar surface area (TPSA) is 68.2 Å². The van der Waals surface area contributed by atoms with Crippen molar-refractivity contribution in [2.75, 3.05) is 0 Å². The van der Waals surface area contributed by atoms with Gasteiger partial charge in [-0.1, -0.05) is 48.9 Å². The third kappa shape index (κ3) is 2.74. The van der Waals surface area contributed by atoms with Crippen molar-refractivity contribution in [2.24, 2.45) is 7.05 Å². The summed E-state index contributed by atoms with van der Waals surface area (Å²) >= 11 is 6.30. The van der Waals surface area contributed by atoms with Gasteiger partial charge in [0.25, 0.3) is 10.0 Å². The number of hydrogen-bond donors (Lipinski definition) is 1. The molecule has 1 atom stereocenters. The van der Waals surface area contributed by atoms with E-state index in [9.17, 15) is 13.2 Å². The van der Waals surface area contributed by atoms with Crippen molar-refractivity contribution in [3.05, 3.63) is 64.8 Å². The Bertz CT molecular complexity index is 1200. The van der Waals surface area contributed by atoms with Crippen LogP contribution in [0, 0.1) is 0 Å². The van der Waals surface area contributed by atoms with Crippen LogP contribution in [0.3, 0.4) is 0 Å². The van der Waals surface area contributed by atoms with Gasteiger partial charge in [-0.25, -0.2) is 13.1 Å². The largest absolute Gasteiger partial charge is 0.349 e. The van der Waals surface area contributed by atoms with Gasteiger partial charge >= 0.3 is 0 Å². The van der Waals surface area contributed by atoms with Crippen molar-refractivity contribution < 1.29 is 13.2 Å². The number of carbonyl (C=O) groups is 1. The maximum absolute atomic E-state index is 13.3. The molecule has 28 heavy (non-hydrogen) atoms. The zero-order valence-electron chi connectivity index (χ0n) is 15.7. The summed E-state index contributed by atoms with van der Waals surface area (Å²) in [7, 11) is -2.23. The van der Waals surface area contributed by atoms with Crippen LogP contribution < -0.4 is 4.72 Å². The fourth-order valence-corrected chi connectivity index (χ4v) is 5.87. The number of nitrogens with zero attached hydrogens (tertiary/aromatic N) is 1. The number of carbonyl (C=O) groups excluding carboxylic acids is 1.